The van der Waals surface area contributed by atoms with Crippen molar-refractivity contribution < 1.29 is 19.4 Å². The molecule has 1 aromatic heterocycles. The Morgan fingerprint density at radius 3 is 2.73 bits per heavy atom. The van der Waals surface area contributed by atoms with Crippen molar-refractivity contribution in [1.29, 1.82) is 0 Å². The number of carbonyl (C=O) groups is 1. The van der Waals surface area contributed by atoms with Crippen LogP contribution >= 0.6 is 0 Å². The van der Waals surface area contributed by atoms with Gasteiger partial charge < -0.3 is 15.9 Å². The van der Waals surface area contributed by atoms with E-state index >= 15 is 0 Å². The fourth-order valence-electron chi connectivity index (χ4n) is 1.17. The molecular weight excluding hydrogens is 203 g/mol. The highest BCUT2D eigenvalue weighted by atomic mass is 19.1. The molecule has 0 bridgehead atoms. The lowest BCUT2D eigenvalue weighted by Crippen LogP contribution is -2.34. The molecule has 0 saturated heterocycles. The number of amides is 1. The third-order valence-electron chi connectivity index (χ3n) is 2.09. The Kier molecular flexibility index (Phi) is 3.33. The summed E-state index contributed by atoms with van der Waals surface area (Å²) < 4.78 is 13.0. The first kappa shape index (κ1) is 11.5. The minimum atomic E-state index is -1.76. The largest absolute Gasteiger partial charge is 0.385 e. The van der Waals surface area contributed by atoms with E-state index in [1.165, 1.54) is 13.0 Å². The van der Waals surface area contributed by atoms with Crippen LogP contribution in [0, 0.1) is 12.9 Å². The average Bonchev–Trinajstić information content (AvgIpc) is 2.20. The fraction of sp³-hybridized carbons (Fsp3) is 0.333. The zero-order chi connectivity index (χ0) is 11.6. The second kappa shape index (κ2) is 4.33. The number of nitrogens with two attached hydrogens (primary N) is 1. The van der Waals surface area contributed by atoms with E-state index in [0.717, 1.165) is 6.20 Å². The van der Waals surface area contributed by atoms with Crippen molar-refractivity contribution in [1.82, 2.24) is 4.98 Å². The van der Waals surface area contributed by atoms with Crippen molar-refractivity contribution in [3.63, 3.8) is 0 Å². The van der Waals surface area contributed by atoms with Gasteiger partial charge in [-0.1, -0.05) is 0 Å². The molecule has 0 fully saturated rings. The van der Waals surface area contributed by atoms with E-state index in [2.05, 4.69) is 4.98 Å². The molecule has 0 aliphatic heterocycles. The van der Waals surface area contributed by atoms with E-state index in [0.29, 0.717) is 0 Å². The molecule has 0 aromatic carbocycles. The molecule has 1 heterocycles. The van der Waals surface area contributed by atoms with Gasteiger partial charge in [0.1, 0.15) is 6.10 Å². The summed E-state index contributed by atoms with van der Waals surface area (Å²) in [5.74, 6) is -1.83. The van der Waals surface area contributed by atoms with Crippen LogP contribution in [0.25, 0.3) is 0 Å². The number of halogens is 1. The number of nitrogens with zero attached hydrogens (tertiary/aromatic N) is 1. The van der Waals surface area contributed by atoms with Gasteiger partial charge >= 0.3 is 0 Å². The molecule has 0 aliphatic carbocycles. The van der Waals surface area contributed by atoms with Gasteiger partial charge in [-0.15, -0.1) is 0 Å². The van der Waals surface area contributed by atoms with Crippen LogP contribution in [0.15, 0.2) is 12.3 Å². The molecule has 1 aromatic rings. The molecular formula is C9H11FN2O3. The highest BCUT2D eigenvalue weighted by Crippen LogP contribution is 2.21. The lowest BCUT2D eigenvalue weighted by molar-refractivity contribution is -0.132. The van der Waals surface area contributed by atoms with Crippen molar-refractivity contribution in [2.75, 3.05) is 0 Å². The second-order valence-corrected chi connectivity index (χ2v) is 3.11. The van der Waals surface area contributed by atoms with Crippen molar-refractivity contribution in [3.05, 3.63) is 29.3 Å². The van der Waals surface area contributed by atoms with E-state index in [-0.39, 0.29) is 11.1 Å². The zero-order valence-electron chi connectivity index (χ0n) is 8.01. The van der Waals surface area contributed by atoms with Gasteiger partial charge in [0.2, 0.25) is 11.9 Å². The van der Waals surface area contributed by atoms with Gasteiger partial charge in [-0.3, -0.25) is 4.79 Å². The first-order chi connectivity index (χ1) is 6.95. The summed E-state index contributed by atoms with van der Waals surface area (Å²) in [5.41, 5.74) is 4.97. The molecule has 1 amide bonds. The number of carbonyl (C=O) groups excluding carboxylic acids is 1. The Labute approximate surface area is 85.4 Å². The van der Waals surface area contributed by atoms with E-state index < -0.39 is 24.1 Å². The molecule has 15 heavy (non-hydrogen) atoms. The summed E-state index contributed by atoms with van der Waals surface area (Å²) in [6.45, 7) is 1.38. The molecule has 6 heteroatoms. The van der Waals surface area contributed by atoms with Gasteiger partial charge in [0.15, 0.2) is 6.10 Å². The van der Waals surface area contributed by atoms with Crippen molar-refractivity contribution in [3.8, 4) is 0 Å². The summed E-state index contributed by atoms with van der Waals surface area (Å²) in [7, 11) is 0. The third kappa shape index (κ3) is 2.28. The Bertz CT molecular complexity index is 384. The monoisotopic (exact) mass is 214 g/mol. The van der Waals surface area contributed by atoms with E-state index in [4.69, 9.17) is 5.73 Å². The maximum Gasteiger partial charge on any atom is 0.249 e. The Morgan fingerprint density at radius 2 is 2.20 bits per heavy atom. The molecule has 0 aliphatic rings. The molecule has 1 rings (SSSR count). The standard InChI is InChI=1S/C9H11FN2O3/c1-4-5(2-3-12-8(4)10)6(13)7(14)9(11)15/h2-3,6-7,13-14H,1H3,(H2,11,15). The lowest BCUT2D eigenvalue weighted by Gasteiger charge is -2.16. The van der Waals surface area contributed by atoms with Crippen molar-refractivity contribution >= 4 is 5.91 Å². The predicted molar refractivity (Wildman–Crippen MR) is 49.1 cm³/mol. The van der Waals surface area contributed by atoms with E-state index in [1.54, 1.807) is 0 Å². The highest BCUT2D eigenvalue weighted by Gasteiger charge is 2.25. The molecule has 0 spiro atoms. The molecule has 82 valence electrons. The fourth-order valence-corrected chi connectivity index (χ4v) is 1.17. The van der Waals surface area contributed by atoms with Crippen LogP contribution in [0.4, 0.5) is 4.39 Å². The number of aliphatic hydroxyl groups is 2. The summed E-state index contributed by atoms with van der Waals surface area (Å²) >= 11 is 0. The van der Waals surface area contributed by atoms with Crippen LogP contribution in [0.5, 0.6) is 0 Å². The molecule has 2 unspecified atom stereocenters. The Balaban J connectivity index is 3.06. The van der Waals surface area contributed by atoms with Crippen molar-refractivity contribution in [2.45, 2.75) is 19.1 Å². The van der Waals surface area contributed by atoms with Crippen LogP contribution in [-0.4, -0.2) is 27.2 Å². The van der Waals surface area contributed by atoms with Crippen LogP contribution in [0.2, 0.25) is 0 Å². The molecule has 4 N–H and O–H groups in total. The lowest BCUT2D eigenvalue weighted by atomic mass is 10.0. The topological polar surface area (TPSA) is 96.4 Å². The quantitative estimate of drug-likeness (QED) is 0.586. The van der Waals surface area contributed by atoms with Gasteiger partial charge in [-0.2, -0.15) is 4.39 Å². The smallest absolute Gasteiger partial charge is 0.249 e. The number of hydrogen-bond donors (Lipinski definition) is 3. The van der Waals surface area contributed by atoms with Crippen molar-refractivity contribution in [2.24, 2.45) is 5.73 Å². The first-order valence-electron chi connectivity index (χ1n) is 4.21. The number of hydrogen-bond acceptors (Lipinski definition) is 4. The number of aromatic nitrogens is 1. The molecule has 0 saturated carbocycles. The number of aliphatic hydroxyl groups excluding tert-OH is 2. The Morgan fingerprint density at radius 1 is 1.60 bits per heavy atom. The number of pyridine rings is 1. The molecule has 2 atom stereocenters. The maximum atomic E-state index is 13.0. The van der Waals surface area contributed by atoms with Gasteiger partial charge in [-0.25, -0.2) is 4.98 Å². The number of primary amides is 1. The van der Waals surface area contributed by atoms with Gasteiger partial charge in [0, 0.05) is 11.8 Å². The Hall–Kier alpha value is -1.53. The minimum absolute atomic E-state index is 0.0744. The SMILES string of the molecule is Cc1c(C(O)C(O)C(N)=O)ccnc1F. The second-order valence-electron chi connectivity index (χ2n) is 3.11. The van der Waals surface area contributed by atoms with Crippen LogP contribution in [0.3, 0.4) is 0 Å². The highest BCUT2D eigenvalue weighted by molar-refractivity contribution is 5.79. The van der Waals surface area contributed by atoms with E-state index in [9.17, 15) is 19.4 Å². The molecule has 0 radical (unpaired) electrons. The van der Waals surface area contributed by atoms with Gasteiger partial charge in [0.05, 0.1) is 0 Å². The van der Waals surface area contributed by atoms with Crippen LogP contribution in [-0.2, 0) is 4.79 Å². The van der Waals surface area contributed by atoms with Gasteiger partial charge in [-0.05, 0) is 18.6 Å². The zero-order valence-corrected chi connectivity index (χ0v) is 8.01. The van der Waals surface area contributed by atoms with E-state index in [1.807, 2.05) is 0 Å². The van der Waals surface area contributed by atoms with Crippen LogP contribution < -0.4 is 5.73 Å². The average molecular weight is 214 g/mol. The summed E-state index contributed by atoms with van der Waals surface area (Å²) in [6, 6.07) is 1.31. The normalized spacial score (nSPS) is 14.7. The number of rotatable bonds is 3. The van der Waals surface area contributed by atoms with Gasteiger partial charge in [0.25, 0.3) is 0 Å². The molecule has 5 nitrogen and oxygen atoms in total. The minimum Gasteiger partial charge on any atom is -0.385 e. The summed E-state index contributed by atoms with van der Waals surface area (Å²) in [5, 5.41) is 18.7. The van der Waals surface area contributed by atoms with Crippen LogP contribution in [0.1, 0.15) is 17.2 Å². The maximum absolute atomic E-state index is 13.0. The first-order valence-corrected chi connectivity index (χ1v) is 4.21. The summed E-state index contributed by atoms with van der Waals surface area (Å²) in [4.78, 5) is 14.0. The third-order valence-corrected chi connectivity index (χ3v) is 2.09. The summed E-state index contributed by atoms with van der Waals surface area (Å²) in [6.07, 6.45) is -2.17. The predicted octanol–water partition coefficient (Wildman–Crippen LogP) is -0.591.